The molecule has 0 saturated heterocycles. The monoisotopic (exact) mass is 435 g/mol. The average molecular weight is 435 g/mol. The van der Waals surface area contributed by atoms with Crippen molar-refractivity contribution in [3.63, 3.8) is 0 Å². The van der Waals surface area contributed by atoms with E-state index in [4.69, 9.17) is 0 Å². The lowest BCUT2D eigenvalue weighted by Crippen LogP contribution is -2.52. The number of halogens is 1. The molecule has 2 atom stereocenters. The minimum absolute atomic E-state index is 0.0650. The normalized spacial score (nSPS) is 24.4. The highest BCUT2D eigenvalue weighted by Crippen LogP contribution is 2.46. The summed E-state index contributed by atoms with van der Waals surface area (Å²) in [5, 5.41) is 23.6. The molecule has 6 rings (SSSR count). The van der Waals surface area contributed by atoms with Crippen LogP contribution in [0.2, 0.25) is 0 Å². The van der Waals surface area contributed by atoms with Crippen LogP contribution in [0.15, 0.2) is 29.5 Å². The number of pyridine rings is 2. The quantitative estimate of drug-likeness (QED) is 0.578. The van der Waals surface area contributed by atoms with Crippen molar-refractivity contribution in [3.05, 3.63) is 46.4 Å². The summed E-state index contributed by atoms with van der Waals surface area (Å²) in [5.74, 6) is -1.79. The van der Waals surface area contributed by atoms with Crippen molar-refractivity contribution < 1.29 is 14.3 Å². The van der Waals surface area contributed by atoms with Gasteiger partial charge in [0.05, 0.1) is 17.7 Å². The standard InChI is InChI=1S/C23H22FN5O3/c1-29-10-17(16-9-27-21-14(16)6-13(24)8-26-21)15(7-25)20(22(29)30)28-19-12-4-2-11(3-5-12)18(19)23(31)32/h6,8-12,18-19,28H,2-5H2,1H3,(H,26,27)(H,31,32)/t11-,12+,18-,19-/m0/s1. The van der Waals surface area contributed by atoms with E-state index < -0.39 is 29.3 Å². The van der Waals surface area contributed by atoms with Gasteiger partial charge in [-0.15, -0.1) is 0 Å². The van der Waals surface area contributed by atoms with Crippen LogP contribution >= 0.6 is 0 Å². The molecule has 9 heteroatoms. The number of carboxylic acid groups (broad SMARTS) is 1. The van der Waals surface area contributed by atoms with Crippen LogP contribution in [-0.2, 0) is 11.8 Å². The number of aliphatic carboxylic acids is 1. The molecular formula is C23H22FN5O3. The van der Waals surface area contributed by atoms with Gasteiger partial charge >= 0.3 is 5.97 Å². The highest BCUT2D eigenvalue weighted by atomic mass is 19.1. The van der Waals surface area contributed by atoms with Crippen LogP contribution in [0.3, 0.4) is 0 Å². The van der Waals surface area contributed by atoms with Crippen molar-refractivity contribution >= 4 is 22.7 Å². The molecule has 0 amide bonds. The summed E-state index contributed by atoms with van der Waals surface area (Å²) in [6.07, 6.45) is 7.83. The van der Waals surface area contributed by atoms with Crippen molar-refractivity contribution in [1.82, 2.24) is 14.5 Å². The van der Waals surface area contributed by atoms with Crippen LogP contribution in [0.1, 0.15) is 31.2 Å². The first-order valence-corrected chi connectivity index (χ1v) is 10.6. The van der Waals surface area contributed by atoms with Crippen molar-refractivity contribution in [2.24, 2.45) is 24.8 Å². The van der Waals surface area contributed by atoms with Crippen LogP contribution in [0, 0.1) is 34.9 Å². The van der Waals surface area contributed by atoms with Crippen LogP contribution < -0.4 is 10.9 Å². The molecule has 8 nitrogen and oxygen atoms in total. The number of fused-ring (bicyclic) bond motifs is 4. The lowest BCUT2D eigenvalue weighted by atomic mass is 9.61. The smallest absolute Gasteiger partial charge is 0.308 e. The zero-order valence-corrected chi connectivity index (χ0v) is 17.4. The number of carboxylic acids is 1. The van der Waals surface area contributed by atoms with Gasteiger partial charge in [0.1, 0.15) is 23.2 Å². The largest absolute Gasteiger partial charge is 0.481 e. The average Bonchev–Trinajstić information content (AvgIpc) is 3.20. The predicted molar refractivity (Wildman–Crippen MR) is 115 cm³/mol. The van der Waals surface area contributed by atoms with Gasteiger partial charge in [0.2, 0.25) is 0 Å². The third-order valence-electron chi connectivity index (χ3n) is 7.09. The number of hydrogen-bond acceptors (Lipinski definition) is 5. The van der Waals surface area contributed by atoms with Gasteiger partial charge < -0.3 is 20.0 Å². The molecule has 0 spiro atoms. The van der Waals surface area contributed by atoms with Crippen molar-refractivity contribution in [3.8, 4) is 17.2 Å². The van der Waals surface area contributed by atoms with Gasteiger partial charge in [-0.3, -0.25) is 9.59 Å². The second kappa shape index (κ2) is 7.48. The van der Waals surface area contributed by atoms with E-state index in [-0.39, 0.29) is 23.1 Å². The first kappa shape index (κ1) is 20.2. The van der Waals surface area contributed by atoms with Gasteiger partial charge in [-0.1, -0.05) is 0 Å². The zero-order valence-electron chi connectivity index (χ0n) is 17.4. The van der Waals surface area contributed by atoms with Crippen molar-refractivity contribution in [2.75, 3.05) is 5.32 Å². The van der Waals surface area contributed by atoms with E-state index in [2.05, 4.69) is 21.4 Å². The van der Waals surface area contributed by atoms with Gasteiger partial charge in [0, 0.05) is 42.0 Å². The fourth-order valence-corrected chi connectivity index (χ4v) is 5.57. The zero-order chi connectivity index (χ0) is 22.6. The molecule has 3 fully saturated rings. The van der Waals surface area contributed by atoms with Gasteiger partial charge in [-0.05, 0) is 43.6 Å². The van der Waals surface area contributed by atoms with Crippen molar-refractivity contribution in [2.45, 2.75) is 31.7 Å². The number of hydrogen-bond donors (Lipinski definition) is 3. The van der Waals surface area contributed by atoms with Crippen LogP contribution in [0.25, 0.3) is 22.2 Å². The molecule has 3 aromatic rings. The number of anilines is 1. The van der Waals surface area contributed by atoms with E-state index in [0.29, 0.717) is 22.2 Å². The third kappa shape index (κ3) is 3.06. The lowest BCUT2D eigenvalue weighted by Gasteiger charge is -2.47. The second-order valence-corrected chi connectivity index (χ2v) is 8.78. The summed E-state index contributed by atoms with van der Waals surface area (Å²) in [7, 11) is 1.58. The molecule has 3 N–H and O–H groups in total. The molecule has 3 heterocycles. The summed E-state index contributed by atoms with van der Waals surface area (Å²) in [6.45, 7) is 0. The fraction of sp³-hybridized carbons (Fsp3) is 0.391. The Morgan fingerprint density at radius 2 is 2.03 bits per heavy atom. The minimum atomic E-state index is -0.874. The number of aromatic nitrogens is 3. The maximum Gasteiger partial charge on any atom is 0.308 e. The molecule has 0 unspecified atom stereocenters. The van der Waals surface area contributed by atoms with E-state index in [1.54, 1.807) is 19.4 Å². The maximum absolute atomic E-state index is 13.9. The summed E-state index contributed by atoms with van der Waals surface area (Å²) < 4.78 is 15.2. The molecule has 164 valence electrons. The lowest BCUT2D eigenvalue weighted by molar-refractivity contribution is -0.148. The molecule has 3 aliphatic carbocycles. The Morgan fingerprint density at radius 1 is 1.31 bits per heavy atom. The molecule has 32 heavy (non-hydrogen) atoms. The molecular weight excluding hydrogens is 413 g/mol. The number of nitrogens with zero attached hydrogens (tertiary/aromatic N) is 3. The van der Waals surface area contributed by atoms with Crippen LogP contribution in [0.4, 0.5) is 10.1 Å². The number of nitriles is 1. The molecule has 3 aromatic heterocycles. The topological polar surface area (TPSA) is 124 Å². The van der Waals surface area contributed by atoms with E-state index in [1.165, 1.54) is 10.6 Å². The first-order valence-electron chi connectivity index (χ1n) is 10.6. The summed E-state index contributed by atoms with van der Waals surface area (Å²) in [6, 6.07) is 3.03. The van der Waals surface area contributed by atoms with E-state index >= 15 is 0 Å². The van der Waals surface area contributed by atoms with Gasteiger partial charge in [-0.25, -0.2) is 9.37 Å². The minimum Gasteiger partial charge on any atom is -0.481 e. The van der Waals surface area contributed by atoms with E-state index in [9.17, 15) is 24.3 Å². The predicted octanol–water partition coefficient (Wildman–Crippen LogP) is 3.24. The highest BCUT2D eigenvalue weighted by Gasteiger charge is 2.47. The summed E-state index contributed by atoms with van der Waals surface area (Å²) >= 11 is 0. The Labute approximate surface area is 182 Å². The first-order chi connectivity index (χ1) is 15.4. The van der Waals surface area contributed by atoms with Crippen molar-refractivity contribution in [1.29, 1.82) is 5.26 Å². The number of aromatic amines is 1. The highest BCUT2D eigenvalue weighted by molar-refractivity contribution is 5.96. The summed E-state index contributed by atoms with van der Waals surface area (Å²) in [5.41, 5.74) is 1.26. The molecule has 0 aromatic carbocycles. The SMILES string of the molecule is Cn1cc(-c2c[nH]c3ncc(F)cc23)c(C#N)c(N[C@H]2[C@H]3CC[C@H](CC3)[C@@H]2C(=O)O)c1=O. The molecule has 0 radical (unpaired) electrons. The summed E-state index contributed by atoms with van der Waals surface area (Å²) in [4.78, 5) is 32.1. The molecule has 2 bridgehead atoms. The fourth-order valence-electron chi connectivity index (χ4n) is 5.57. The molecule has 0 aliphatic heterocycles. The number of H-pyrrole nitrogens is 1. The van der Waals surface area contributed by atoms with Gasteiger partial charge in [-0.2, -0.15) is 5.26 Å². The Balaban J connectivity index is 1.66. The van der Waals surface area contributed by atoms with E-state index in [0.717, 1.165) is 31.9 Å². The number of aryl methyl sites for hydroxylation is 1. The van der Waals surface area contributed by atoms with Gasteiger partial charge in [0.25, 0.3) is 5.56 Å². The number of nitrogens with one attached hydrogen (secondary N) is 2. The Hall–Kier alpha value is -3.67. The molecule has 3 saturated carbocycles. The van der Waals surface area contributed by atoms with E-state index in [1.807, 2.05) is 0 Å². The number of carbonyl (C=O) groups is 1. The van der Waals surface area contributed by atoms with Crippen LogP contribution in [-0.4, -0.2) is 31.7 Å². The van der Waals surface area contributed by atoms with Gasteiger partial charge in [0.15, 0.2) is 0 Å². The maximum atomic E-state index is 13.9. The Kier molecular flexibility index (Phi) is 4.73. The Bertz CT molecular complexity index is 1330. The second-order valence-electron chi connectivity index (χ2n) is 8.78. The van der Waals surface area contributed by atoms with Crippen LogP contribution in [0.5, 0.6) is 0 Å². The Morgan fingerprint density at radius 3 is 2.72 bits per heavy atom. The number of rotatable bonds is 4. The molecule has 3 aliphatic rings. The third-order valence-corrected chi connectivity index (χ3v) is 7.09.